The highest BCUT2D eigenvalue weighted by atomic mass is 16.5. The molecule has 1 aromatic rings. The standard InChI is InChI=1S/C11H14O3/c1-14-4-2-3-9-5-10(8-12)7-11(13)6-9/h5-8,13H,2-4H2,1H3. The van der Waals surface area contributed by atoms with Crippen LogP contribution in [-0.4, -0.2) is 25.1 Å². The summed E-state index contributed by atoms with van der Waals surface area (Å²) in [6.07, 6.45) is 2.43. The van der Waals surface area contributed by atoms with Gasteiger partial charge in [0.1, 0.15) is 12.0 Å². The molecule has 0 fully saturated rings. The number of carbonyl (C=O) groups excluding carboxylic acids is 1. The molecule has 0 saturated heterocycles. The molecule has 0 unspecified atom stereocenters. The van der Waals surface area contributed by atoms with E-state index in [9.17, 15) is 9.90 Å². The summed E-state index contributed by atoms with van der Waals surface area (Å²) < 4.78 is 4.92. The predicted octanol–water partition coefficient (Wildman–Crippen LogP) is 1.78. The average molecular weight is 194 g/mol. The molecule has 0 aliphatic carbocycles. The zero-order valence-corrected chi connectivity index (χ0v) is 8.19. The van der Waals surface area contributed by atoms with Crippen LogP contribution in [0.1, 0.15) is 22.3 Å². The lowest BCUT2D eigenvalue weighted by molar-refractivity contribution is 0.112. The number of carbonyl (C=O) groups is 1. The van der Waals surface area contributed by atoms with Crippen molar-refractivity contribution in [2.45, 2.75) is 12.8 Å². The van der Waals surface area contributed by atoms with Gasteiger partial charge in [0, 0.05) is 19.3 Å². The van der Waals surface area contributed by atoms with E-state index in [1.54, 1.807) is 19.2 Å². The van der Waals surface area contributed by atoms with Crippen molar-refractivity contribution in [1.82, 2.24) is 0 Å². The first-order valence-corrected chi connectivity index (χ1v) is 4.53. The van der Waals surface area contributed by atoms with Crippen molar-refractivity contribution in [2.75, 3.05) is 13.7 Å². The van der Waals surface area contributed by atoms with Crippen LogP contribution in [0.15, 0.2) is 18.2 Å². The van der Waals surface area contributed by atoms with Crippen LogP contribution in [0.3, 0.4) is 0 Å². The first-order chi connectivity index (χ1) is 6.76. The van der Waals surface area contributed by atoms with Gasteiger partial charge in [0.05, 0.1) is 0 Å². The fourth-order valence-corrected chi connectivity index (χ4v) is 1.33. The molecule has 76 valence electrons. The van der Waals surface area contributed by atoms with Crippen LogP contribution in [0.25, 0.3) is 0 Å². The van der Waals surface area contributed by atoms with Crippen LogP contribution in [0.5, 0.6) is 5.75 Å². The highest BCUT2D eigenvalue weighted by Gasteiger charge is 1.99. The summed E-state index contributed by atoms with van der Waals surface area (Å²) in [5.41, 5.74) is 1.47. The van der Waals surface area contributed by atoms with Crippen LogP contribution in [0.2, 0.25) is 0 Å². The van der Waals surface area contributed by atoms with Crippen molar-refractivity contribution in [3.63, 3.8) is 0 Å². The van der Waals surface area contributed by atoms with Crippen molar-refractivity contribution in [1.29, 1.82) is 0 Å². The molecule has 0 aliphatic rings. The van der Waals surface area contributed by atoms with Gasteiger partial charge in [0.15, 0.2) is 0 Å². The van der Waals surface area contributed by atoms with E-state index < -0.39 is 0 Å². The second-order valence-corrected chi connectivity index (χ2v) is 3.15. The van der Waals surface area contributed by atoms with Crippen LogP contribution in [-0.2, 0) is 11.2 Å². The summed E-state index contributed by atoms with van der Waals surface area (Å²) in [6.45, 7) is 0.687. The minimum Gasteiger partial charge on any atom is -0.508 e. The summed E-state index contributed by atoms with van der Waals surface area (Å²) in [5, 5.41) is 9.29. The number of aromatic hydroxyl groups is 1. The van der Waals surface area contributed by atoms with Gasteiger partial charge in [-0.15, -0.1) is 0 Å². The molecular weight excluding hydrogens is 180 g/mol. The first-order valence-electron chi connectivity index (χ1n) is 4.53. The smallest absolute Gasteiger partial charge is 0.150 e. The SMILES string of the molecule is COCCCc1cc(O)cc(C=O)c1. The molecule has 1 aromatic carbocycles. The molecule has 0 amide bonds. The number of phenolic OH excluding ortho intramolecular Hbond substituents is 1. The van der Waals surface area contributed by atoms with Crippen molar-refractivity contribution < 1.29 is 14.6 Å². The van der Waals surface area contributed by atoms with E-state index >= 15 is 0 Å². The molecule has 0 spiro atoms. The molecule has 0 heterocycles. The van der Waals surface area contributed by atoms with Gasteiger partial charge in [-0.3, -0.25) is 4.79 Å². The lowest BCUT2D eigenvalue weighted by Crippen LogP contribution is -1.93. The lowest BCUT2D eigenvalue weighted by Gasteiger charge is -2.03. The van der Waals surface area contributed by atoms with Gasteiger partial charge < -0.3 is 9.84 Å². The number of rotatable bonds is 5. The molecule has 1 N–H and O–H groups in total. The third-order valence-electron chi connectivity index (χ3n) is 1.95. The Hall–Kier alpha value is -1.35. The molecule has 3 heteroatoms. The number of phenols is 1. The van der Waals surface area contributed by atoms with Crippen molar-refractivity contribution in [3.8, 4) is 5.75 Å². The third-order valence-corrected chi connectivity index (χ3v) is 1.95. The maximum atomic E-state index is 10.5. The minimum atomic E-state index is 0.141. The Kier molecular flexibility index (Phi) is 4.13. The van der Waals surface area contributed by atoms with Gasteiger partial charge in [0.25, 0.3) is 0 Å². The van der Waals surface area contributed by atoms with Crippen molar-refractivity contribution in [3.05, 3.63) is 29.3 Å². The fraction of sp³-hybridized carbons (Fsp3) is 0.364. The zero-order valence-electron chi connectivity index (χ0n) is 8.19. The van der Waals surface area contributed by atoms with E-state index in [1.165, 1.54) is 6.07 Å². The second-order valence-electron chi connectivity index (χ2n) is 3.15. The summed E-state index contributed by atoms with van der Waals surface area (Å²) >= 11 is 0. The van der Waals surface area contributed by atoms with Crippen LogP contribution >= 0.6 is 0 Å². The normalized spacial score (nSPS) is 10.1. The summed E-state index contributed by atoms with van der Waals surface area (Å²) in [5.74, 6) is 0.141. The highest BCUT2D eigenvalue weighted by molar-refractivity contribution is 5.75. The molecule has 0 radical (unpaired) electrons. The maximum Gasteiger partial charge on any atom is 0.150 e. The molecule has 3 nitrogen and oxygen atoms in total. The van der Waals surface area contributed by atoms with Crippen molar-refractivity contribution >= 4 is 6.29 Å². The Labute approximate surface area is 83.3 Å². The van der Waals surface area contributed by atoms with E-state index in [4.69, 9.17) is 4.74 Å². The Morgan fingerprint density at radius 3 is 2.86 bits per heavy atom. The molecule has 0 saturated carbocycles. The van der Waals surface area contributed by atoms with E-state index in [0.717, 1.165) is 24.7 Å². The number of aryl methyl sites for hydroxylation is 1. The van der Waals surface area contributed by atoms with Crippen molar-refractivity contribution in [2.24, 2.45) is 0 Å². The Morgan fingerprint density at radius 1 is 1.43 bits per heavy atom. The van der Waals surface area contributed by atoms with Gasteiger partial charge in [-0.1, -0.05) is 0 Å². The summed E-state index contributed by atoms with van der Waals surface area (Å²) in [4.78, 5) is 10.5. The molecule has 0 aliphatic heterocycles. The number of aldehydes is 1. The largest absolute Gasteiger partial charge is 0.508 e. The third kappa shape index (κ3) is 3.18. The van der Waals surface area contributed by atoms with E-state index in [1.807, 2.05) is 0 Å². The van der Waals surface area contributed by atoms with Crippen LogP contribution < -0.4 is 0 Å². The zero-order chi connectivity index (χ0) is 10.4. The number of methoxy groups -OCH3 is 1. The molecule has 0 bridgehead atoms. The summed E-state index contributed by atoms with van der Waals surface area (Å²) in [6, 6.07) is 4.90. The van der Waals surface area contributed by atoms with E-state index in [2.05, 4.69) is 0 Å². The molecule has 1 rings (SSSR count). The maximum absolute atomic E-state index is 10.5. The second kappa shape index (κ2) is 5.40. The molecule has 0 aromatic heterocycles. The quantitative estimate of drug-likeness (QED) is 0.574. The van der Waals surface area contributed by atoms with Gasteiger partial charge in [-0.2, -0.15) is 0 Å². The van der Waals surface area contributed by atoms with Gasteiger partial charge in [-0.25, -0.2) is 0 Å². The average Bonchev–Trinajstić information content (AvgIpc) is 2.17. The highest BCUT2D eigenvalue weighted by Crippen LogP contribution is 2.15. The van der Waals surface area contributed by atoms with E-state index in [-0.39, 0.29) is 5.75 Å². The van der Waals surface area contributed by atoms with Gasteiger partial charge >= 0.3 is 0 Å². The van der Waals surface area contributed by atoms with Gasteiger partial charge in [0.2, 0.25) is 0 Å². The monoisotopic (exact) mass is 194 g/mol. The number of ether oxygens (including phenoxy) is 1. The Morgan fingerprint density at radius 2 is 2.21 bits per heavy atom. The molecule has 14 heavy (non-hydrogen) atoms. The van der Waals surface area contributed by atoms with Crippen LogP contribution in [0, 0.1) is 0 Å². The van der Waals surface area contributed by atoms with Crippen LogP contribution in [0.4, 0.5) is 0 Å². The fourth-order valence-electron chi connectivity index (χ4n) is 1.33. The Balaban J connectivity index is 2.66. The first kappa shape index (κ1) is 10.7. The lowest BCUT2D eigenvalue weighted by atomic mass is 10.1. The molecular formula is C11H14O3. The molecule has 0 atom stereocenters. The predicted molar refractivity (Wildman–Crippen MR) is 53.7 cm³/mol. The number of hydrogen-bond donors (Lipinski definition) is 1. The Bertz CT molecular complexity index is 307. The van der Waals surface area contributed by atoms with Gasteiger partial charge in [-0.05, 0) is 36.6 Å². The van der Waals surface area contributed by atoms with E-state index in [0.29, 0.717) is 12.2 Å². The topological polar surface area (TPSA) is 46.5 Å². The summed E-state index contributed by atoms with van der Waals surface area (Å²) in [7, 11) is 1.65. The number of benzene rings is 1. The minimum absolute atomic E-state index is 0.141. The number of hydrogen-bond acceptors (Lipinski definition) is 3.